The minimum atomic E-state index is -1.83. The number of likely N-dealkylation sites (N-methyl/N-ethyl adjacent to an activating group) is 1. The number of Topliss-reactive ketones (excluding diaryl/α,β-unsaturated/α-hetero) is 1. The van der Waals surface area contributed by atoms with Crippen molar-refractivity contribution < 1.29 is 53.1 Å². The molecule has 2 N–H and O–H groups in total. The van der Waals surface area contributed by atoms with Gasteiger partial charge in [-0.25, -0.2) is 15.0 Å². The molecule has 3 aliphatic heterocycles. The summed E-state index contributed by atoms with van der Waals surface area (Å²) in [6, 6.07) is 8.98. The summed E-state index contributed by atoms with van der Waals surface area (Å²) in [4.78, 5) is 61.8. The van der Waals surface area contributed by atoms with E-state index in [9.17, 15) is 24.6 Å². The maximum Gasteiger partial charge on any atom is 0.316 e. The molecule has 3 saturated heterocycles. The number of cyclic esters (lactones) is 1. The molecule has 1 aromatic heterocycles. The van der Waals surface area contributed by atoms with Gasteiger partial charge in [0.2, 0.25) is 5.91 Å². The van der Waals surface area contributed by atoms with Crippen LogP contribution in [0.5, 0.6) is 0 Å². The van der Waals surface area contributed by atoms with Crippen LogP contribution in [0.4, 0.5) is 0 Å². The summed E-state index contributed by atoms with van der Waals surface area (Å²) < 4.78 is 32.3. The number of rotatable bonds is 8. The number of amides is 1. The Hall–Kier alpha value is -4.03. The highest BCUT2D eigenvalue weighted by atomic mass is 16.7. The first-order valence-electron chi connectivity index (χ1n) is 20.8. The molecule has 3 aliphatic rings. The van der Waals surface area contributed by atoms with Gasteiger partial charge in [-0.1, -0.05) is 50.2 Å². The molecule has 3 fully saturated rings. The molecular weight excluding hydrogens is 775 g/mol. The van der Waals surface area contributed by atoms with Gasteiger partial charge in [0.1, 0.15) is 36.0 Å². The van der Waals surface area contributed by atoms with E-state index < -0.39 is 77.3 Å². The standard InChI is InChI=1S/C44H63N5O11/c1-11-35-44(8,54)36-20-33(47-29(6)50)25(2)21-43(7,56-24-32(23-55-36)48-57-22-30-13-15-31(16-14-30)40-45-17-12-18-46-40)39(27(4)37(51)28(5)41(53)59-35)60-42-38(52)34(49(9)10)19-26(3)58-42/h12-18,25-28,34-36,38-39,42,52,54H,11,19-24H2,1-10H3/b47-33?,48-32-/t25-,26-,27+,28-,34+,35+,36+,38-,39-,42+,43-,44-/m1/s1. The van der Waals surface area contributed by atoms with Crippen molar-refractivity contribution in [2.75, 3.05) is 27.3 Å². The van der Waals surface area contributed by atoms with Crippen molar-refractivity contribution in [1.29, 1.82) is 0 Å². The number of carbonyl (C=O) groups is 3. The number of esters is 1. The summed E-state index contributed by atoms with van der Waals surface area (Å²) in [5.41, 5.74) is -0.845. The normalized spacial score (nSPS) is 36.3. The van der Waals surface area contributed by atoms with Crippen molar-refractivity contribution in [3.8, 4) is 11.4 Å². The molecular formula is C44H63N5O11. The number of aliphatic hydroxyl groups excluding tert-OH is 1. The monoisotopic (exact) mass is 837 g/mol. The molecule has 0 saturated carbocycles. The molecule has 0 unspecified atom stereocenters. The summed E-state index contributed by atoms with van der Waals surface area (Å²) in [6.07, 6.45) is -1.70. The number of ketones is 1. The largest absolute Gasteiger partial charge is 0.459 e. The van der Waals surface area contributed by atoms with Gasteiger partial charge in [-0.3, -0.25) is 14.4 Å². The highest BCUT2D eigenvalue weighted by Crippen LogP contribution is 2.39. The van der Waals surface area contributed by atoms with Crippen molar-refractivity contribution >= 4 is 29.1 Å². The maximum atomic E-state index is 14.5. The molecule has 2 bridgehead atoms. The van der Waals surface area contributed by atoms with Crippen LogP contribution in [0.15, 0.2) is 52.9 Å². The molecule has 0 spiro atoms. The first-order chi connectivity index (χ1) is 28.3. The van der Waals surface area contributed by atoms with E-state index in [2.05, 4.69) is 20.1 Å². The maximum absolute atomic E-state index is 14.5. The molecule has 60 heavy (non-hydrogen) atoms. The molecule has 1 aromatic carbocycles. The molecule has 16 heteroatoms. The number of hydrogen-bond donors (Lipinski definition) is 2. The number of carbonyl (C=O) groups excluding carboxylic acids is 3. The van der Waals surface area contributed by atoms with Crippen molar-refractivity contribution in [2.45, 2.75) is 142 Å². The van der Waals surface area contributed by atoms with Crippen molar-refractivity contribution in [3.05, 3.63) is 48.3 Å². The highest BCUT2D eigenvalue weighted by molar-refractivity contribution is 6.00. The van der Waals surface area contributed by atoms with Gasteiger partial charge in [0.25, 0.3) is 0 Å². The Balaban J connectivity index is 1.60. The molecule has 330 valence electrons. The average molecular weight is 838 g/mol. The number of oxime groups is 1. The molecule has 5 rings (SSSR count). The van der Waals surface area contributed by atoms with Gasteiger partial charge in [0, 0.05) is 49.0 Å². The van der Waals surface area contributed by atoms with Crippen LogP contribution in [0.1, 0.15) is 86.6 Å². The first-order valence-corrected chi connectivity index (χ1v) is 20.8. The number of fused-ring (bicyclic) bond motifs is 5. The Kier molecular flexibility index (Phi) is 15.9. The second kappa shape index (κ2) is 20.2. The lowest BCUT2D eigenvalue weighted by Crippen LogP contribution is -2.59. The third kappa shape index (κ3) is 11.3. The first kappa shape index (κ1) is 47.0. The Morgan fingerprint density at radius 2 is 1.73 bits per heavy atom. The van der Waals surface area contributed by atoms with Gasteiger partial charge in [-0.2, -0.15) is 0 Å². The van der Waals surface area contributed by atoms with Crippen molar-refractivity contribution in [2.24, 2.45) is 27.9 Å². The number of ether oxygens (including phenoxy) is 5. The van der Waals surface area contributed by atoms with Crippen LogP contribution in [-0.2, 0) is 49.5 Å². The molecule has 0 aliphatic carbocycles. The molecule has 4 heterocycles. The van der Waals surface area contributed by atoms with Gasteiger partial charge in [0.15, 0.2) is 17.9 Å². The van der Waals surface area contributed by atoms with E-state index in [4.69, 9.17) is 28.5 Å². The van der Waals surface area contributed by atoms with Crippen molar-refractivity contribution in [3.63, 3.8) is 0 Å². The van der Waals surface area contributed by atoms with E-state index in [1.54, 1.807) is 39.2 Å². The number of benzene rings is 1. The molecule has 2 aromatic rings. The predicted octanol–water partition coefficient (Wildman–Crippen LogP) is 4.33. The lowest BCUT2D eigenvalue weighted by Gasteiger charge is -2.47. The Labute approximate surface area is 353 Å². The van der Waals surface area contributed by atoms with E-state index in [1.165, 1.54) is 20.8 Å². The third-order valence-electron chi connectivity index (χ3n) is 12.0. The predicted molar refractivity (Wildman–Crippen MR) is 222 cm³/mol. The minimum Gasteiger partial charge on any atom is -0.459 e. The second-order valence-electron chi connectivity index (χ2n) is 17.1. The fraction of sp³-hybridized carbons (Fsp3) is 0.659. The van der Waals surface area contributed by atoms with Gasteiger partial charge in [0.05, 0.1) is 37.1 Å². The SMILES string of the molecule is CC[C@@H]1OC(=O)[C@H](C)C(=O)[C@H](C)[C@@H](O[C@@H]2O[C@H](C)C[C@H](N(C)C)[C@H]2O)[C@@]2(C)C[C@@H](C)C(=NC(C)=O)C[C@H](OC/C(=N/OCc3ccc(-c4ncccn4)cc3)CO2)[C@]1(C)O. The number of aromatic nitrogens is 2. The average Bonchev–Trinajstić information content (AvgIpc) is 3.23. The molecule has 16 nitrogen and oxygen atoms in total. The van der Waals surface area contributed by atoms with Crippen LogP contribution in [0.3, 0.4) is 0 Å². The van der Waals surface area contributed by atoms with E-state index >= 15 is 0 Å². The van der Waals surface area contributed by atoms with E-state index in [0.717, 1.165) is 11.1 Å². The van der Waals surface area contributed by atoms with Gasteiger partial charge >= 0.3 is 5.97 Å². The summed E-state index contributed by atoms with van der Waals surface area (Å²) >= 11 is 0. The number of aliphatic imine (C=N–C) groups is 1. The van der Waals surface area contributed by atoms with E-state index in [-0.39, 0.29) is 51.2 Å². The summed E-state index contributed by atoms with van der Waals surface area (Å²) in [5, 5.41) is 28.4. The fourth-order valence-corrected chi connectivity index (χ4v) is 8.42. The van der Waals surface area contributed by atoms with E-state index in [0.29, 0.717) is 23.7 Å². The summed E-state index contributed by atoms with van der Waals surface area (Å²) in [5.74, 6) is -3.97. The summed E-state index contributed by atoms with van der Waals surface area (Å²) in [6.45, 7) is 13.0. The van der Waals surface area contributed by atoms with Crippen LogP contribution >= 0.6 is 0 Å². The van der Waals surface area contributed by atoms with Crippen LogP contribution in [0.25, 0.3) is 11.4 Å². The molecule has 0 radical (unpaired) electrons. The highest BCUT2D eigenvalue weighted by Gasteiger charge is 2.51. The molecule has 12 atom stereocenters. The third-order valence-corrected chi connectivity index (χ3v) is 12.0. The Morgan fingerprint density at radius 1 is 1.05 bits per heavy atom. The Morgan fingerprint density at radius 3 is 2.37 bits per heavy atom. The van der Waals surface area contributed by atoms with Crippen LogP contribution in [-0.4, -0.2) is 136 Å². The number of hydrogen-bond acceptors (Lipinski definition) is 15. The smallest absolute Gasteiger partial charge is 0.316 e. The molecule has 1 amide bonds. The van der Waals surface area contributed by atoms with Gasteiger partial charge < -0.3 is 43.6 Å². The lowest BCUT2D eigenvalue weighted by atomic mass is 9.76. The fourth-order valence-electron chi connectivity index (χ4n) is 8.42. The van der Waals surface area contributed by atoms with E-state index in [1.807, 2.05) is 57.1 Å². The zero-order chi connectivity index (χ0) is 43.9. The van der Waals surface area contributed by atoms with Gasteiger partial charge in [-0.15, -0.1) is 0 Å². The minimum absolute atomic E-state index is 0.0223. The van der Waals surface area contributed by atoms with Crippen molar-refractivity contribution in [1.82, 2.24) is 14.9 Å². The zero-order valence-electron chi connectivity index (χ0n) is 36.6. The number of aliphatic hydroxyl groups is 2. The topological polar surface area (TPSA) is 201 Å². The van der Waals surface area contributed by atoms with Crippen LogP contribution < -0.4 is 0 Å². The van der Waals surface area contributed by atoms with Gasteiger partial charge in [-0.05, 0) is 78.6 Å². The summed E-state index contributed by atoms with van der Waals surface area (Å²) in [7, 11) is 3.73. The lowest BCUT2D eigenvalue weighted by molar-refractivity contribution is -0.296. The van der Waals surface area contributed by atoms with Crippen LogP contribution in [0, 0.1) is 17.8 Å². The van der Waals surface area contributed by atoms with Crippen LogP contribution in [0.2, 0.25) is 0 Å². The quantitative estimate of drug-likeness (QED) is 0.216. The number of nitrogens with zero attached hydrogens (tertiary/aromatic N) is 5. The Bertz CT molecular complexity index is 1840. The second-order valence-corrected chi connectivity index (χ2v) is 17.1. The zero-order valence-corrected chi connectivity index (χ0v) is 36.6.